The zero-order chi connectivity index (χ0) is 14.0. The van der Waals surface area contributed by atoms with Gasteiger partial charge in [-0.05, 0) is 59.6 Å². The van der Waals surface area contributed by atoms with Crippen molar-refractivity contribution < 1.29 is 8.78 Å². The Bertz CT molecular complexity index is 578. The number of hydrogen-bond donors (Lipinski definition) is 1. The molecule has 0 fully saturated rings. The summed E-state index contributed by atoms with van der Waals surface area (Å²) in [7, 11) is 0. The molecule has 0 aliphatic heterocycles. The Labute approximate surface area is 119 Å². The summed E-state index contributed by atoms with van der Waals surface area (Å²) in [5, 5.41) is 3.11. The van der Waals surface area contributed by atoms with Gasteiger partial charge in [0.1, 0.15) is 11.6 Å². The summed E-state index contributed by atoms with van der Waals surface area (Å²) in [6, 6.07) is 9.21. The normalized spacial score (nSPS) is 12.3. The minimum atomic E-state index is -0.539. The molecule has 1 nitrogen and oxygen atoms in total. The fourth-order valence-corrected chi connectivity index (χ4v) is 2.57. The maximum absolute atomic E-state index is 13.7. The lowest BCUT2D eigenvalue weighted by Crippen LogP contribution is -2.11. The van der Waals surface area contributed by atoms with E-state index in [0.29, 0.717) is 0 Å². The quantitative estimate of drug-likeness (QED) is 0.816. The number of hydrogen-bond acceptors (Lipinski definition) is 1. The molecule has 2 aromatic rings. The molecular weight excluding hydrogens is 312 g/mol. The van der Waals surface area contributed by atoms with E-state index >= 15 is 0 Å². The third-order valence-corrected chi connectivity index (χ3v) is 3.59. The summed E-state index contributed by atoms with van der Waals surface area (Å²) in [6.45, 7) is 3.71. The Morgan fingerprint density at radius 3 is 2.32 bits per heavy atom. The van der Waals surface area contributed by atoms with Gasteiger partial charge >= 0.3 is 0 Å². The molecule has 1 atom stereocenters. The van der Waals surface area contributed by atoms with Gasteiger partial charge in [-0.3, -0.25) is 0 Å². The topological polar surface area (TPSA) is 12.0 Å². The van der Waals surface area contributed by atoms with Gasteiger partial charge in [0, 0.05) is 15.7 Å². The molecule has 4 heteroatoms. The van der Waals surface area contributed by atoms with E-state index < -0.39 is 17.7 Å². The Balaban J connectivity index is 2.28. The van der Waals surface area contributed by atoms with Crippen LogP contribution in [-0.2, 0) is 0 Å². The molecule has 0 aromatic heterocycles. The van der Waals surface area contributed by atoms with E-state index in [-0.39, 0.29) is 5.56 Å². The van der Waals surface area contributed by atoms with E-state index in [4.69, 9.17) is 0 Å². The smallest absolute Gasteiger partial charge is 0.131 e. The molecule has 2 rings (SSSR count). The molecule has 0 aliphatic carbocycles. The lowest BCUT2D eigenvalue weighted by molar-refractivity contribution is 0.544. The summed E-state index contributed by atoms with van der Waals surface area (Å²) in [4.78, 5) is 0. The van der Waals surface area contributed by atoms with E-state index in [1.54, 1.807) is 6.92 Å². The van der Waals surface area contributed by atoms with Crippen molar-refractivity contribution in [2.24, 2.45) is 0 Å². The lowest BCUT2D eigenvalue weighted by atomic mass is 10.1. The minimum Gasteiger partial charge on any atom is -0.377 e. The van der Waals surface area contributed by atoms with Crippen molar-refractivity contribution >= 4 is 21.6 Å². The van der Waals surface area contributed by atoms with Gasteiger partial charge in [-0.15, -0.1) is 0 Å². The maximum Gasteiger partial charge on any atom is 0.131 e. The van der Waals surface area contributed by atoms with Gasteiger partial charge < -0.3 is 5.32 Å². The van der Waals surface area contributed by atoms with Gasteiger partial charge in [0.15, 0.2) is 0 Å². The predicted octanol–water partition coefficient (Wildman–Crippen LogP) is 5.21. The number of rotatable bonds is 3. The number of halogens is 3. The monoisotopic (exact) mass is 325 g/mol. The molecule has 0 saturated heterocycles. The minimum absolute atomic E-state index is 0.0509. The predicted molar refractivity (Wildman–Crippen MR) is 77.3 cm³/mol. The van der Waals surface area contributed by atoms with Gasteiger partial charge in [0.2, 0.25) is 0 Å². The standard InChI is InChI=1S/C15H14BrF2N/c1-9-6-7-14(11(16)8-9)19-10(2)15-12(17)4-3-5-13(15)18/h3-8,10,19H,1-2H3. The van der Waals surface area contributed by atoms with Gasteiger partial charge in [-0.25, -0.2) is 8.78 Å². The van der Waals surface area contributed by atoms with Crippen LogP contribution in [0.2, 0.25) is 0 Å². The van der Waals surface area contributed by atoms with Crippen molar-refractivity contribution in [3.05, 3.63) is 63.6 Å². The zero-order valence-electron chi connectivity index (χ0n) is 10.7. The summed E-state index contributed by atoms with van der Waals surface area (Å²) < 4.78 is 28.2. The first-order valence-corrected chi connectivity index (χ1v) is 6.75. The SMILES string of the molecule is Cc1ccc(NC(C)c2c(F)cccc2F)c(Br)c1. The third kappa shape index (κ3) is 3.13. The van der Waals surface area contributed by atoms with Crippen molar-refractivity contribution in [2.75, 3.05) is 5.32 Å². The van der Waals surface area contributed by atoms with Gasteiger partial charge in [0.05, 0.1) is 6.04 Å². The second-order valence-electron chi connectivity index (χ2n) is 4.48. The Hall–Kier alpha value is -1.42. The van der Waals surface area contributed by atoms with Crippen molar-refractivity contribution in [1.29, 1.82) is 0 Å². The van der Waals surface area contributed by atoms with Crippen molar-refractivity contribution in [3.8, 4) is 0 Å². The highest BCUT2D eigenvalue weighted by molar-refractivity contribution is 9.10. The van der Waals surface area contributed by atoms with E-state index in [0.717, 1.165) is 15.7 Å². The number of anilines is 1. The van der Waals surface area contributed by atoms with Gasteiger partial charge in [0.25, 0.3) is 0 Å². The van der Waals surface area contributed by atoms with Crippen LogP contribution >= 0.6 is 15.9 Å². The highest BCUT2D eigenvalue weighted by atomic mass is 79.9. The largest absolute Gasteiger partial charge is 0.377 e. The second-order valence-corrected chi connectivity index (χ2v) is 5.34. The van der Waals surface area contributed by atoms with Crippen LogP contribution < -0.4 is 5.32 Å². The van der Waals surface area contributed by atoms with Crippen LogP contribution in [-0.4, -0.2) is 0 Å². The first-order chi connectivity index (χ1) is 8.99. The molecule has 0 saturated carbocycles. The van der Waals surface area contributed by atoms with Gasteiger partial charge in [-0.2, -0.15) is 0 Å². The van der Waals surface area contributed by atoms with E-state index in [1.165, 1.54) is 18.2 Å². The number of aryl methyl sites for hydroxylation is 1. The molecular formula is C15H14BrF2N. The van der Waals surface area contributed by atoms with Gasteiger partial charge in [-0.1, -0.05) is 12.1 Å². The highest BCUT2D eigenvalue weighted by Crippen LogP contribution is 2.29. The first kappa shape index (κ1) is 14.0. The fraction of sp³-hybridized carbons (Fsp3) is 0.200. The zero-order valence-corrected chi connectivity index (χ0v) is 12.3. The van der Waals surface area contributed by atoms with Crippen LogP contribution in [0.25, 0.3) is 0 Å². The molecule has 19 heavy (non-hydrogen) atoms. The number of nitrogens with one attached hydrogen (secondary N) is 1. The molecule has 0 radical (unpaired) electrons. The third-order valence-electron chi connectivity index (χ3n) is 2.93. The Morgan fingerprint density at radius 1 is 1.11 bits per heavy atom. The summed E-state index contributed by atoms with van der Waals surface area (Å²) in [6.07, 6.45) is 0. The molecule has 100 valence electrons. The molecule has 1 N–H and O–H groups in total. The molecule has 0 amide bonds. The van der Waals surface area contributed by atoms with Crippen molar-refractivity contribution in [1.82, 2.24) is 0 Å². The van der Waals surface area contributed by atoms with E-state index in [1.807, 2.05) is 25.1 Å². The molecule has 0 bridgehead atoms. The van der Waals surface area contributed by atoms with Crippen LogP contribution in [0.3, 0.4) is 0 Å². The van der Waals surface area contributed by atoms with Crippen LogP contribution in [0.4, 0.5) is 14.5 Å². The lowest BCUT2D eigenvalue weighted by Gasteiger charge is -2.18. The summed E-state index contributed by atoms with van der Waals surface area (Å²) >= 11 is 3.44. The van der Waals surface area contributed by atoms with Crippen LogP contribution in [0.15, 0.2) is 40.9 Å². The molecule has 0 spiro atoms. The first-order valence-electron chi connectivity index (χ1n) is 5.95. The molecule has 0 heterocycles. The van der Waals surface area contributed by atoms with E-state index in [2.05, 4.69) is 21.2 Å². The Morgan fingerprint density at radius 2 is 1.74 bits per heavy atom. The van der Waals surface area contributed by atoms with Crippen molar-refractivity contribution in [3.63, 3.8) is 0 Å². The maximum atomic E-state index is 13.7. The summed E-state index contributed by atoms with van der Waals surface area (Å²) in [5.41, 5.74) is 1.97. The average molecular weight is 326 g/mol. The van der Waals surface area contributed by atoms with E-state index in [9.17, 15) is 8.78 Å². The molecule has 2 aromatic carbocycles. The fourth-order valence-electron chi connectivity index (χ4n) is 1.97. The van der Waals surface area contributed by atoms with Crippen LogP contribution in [0.1, 0.15) is 24.1 Å². The van der Waals surface area contributed by atoms with Crippen LogP contribution in [0, 0.1) is 18.6 Å². The van der Waals surface area contributed by atoms with Crippen LogP contribution in [0.5, 0.6) is 0 Å². The number of benzene rings is 2. The Kier molecular flexibility index (Phi) is 4.20. The summed E-state index contributed by atoms with van der Waals surface area (Å²) in [5.74, 6) is -1.08. The molecule has 0 aliphatic rings. The second kappa shape index (κ2) is 5.70. The average Bonchev–Trinajstić information content (AvgIpc) is 2.32. The highest BCUT2D eigenvalue weighted by Gasteiger charge is 2.16. The van der Waals surface area contributed by atoms with Crippen molar-refractivity contribution in [2.45, 2.75) is 19.9 Å². The molecule has 1 unspecified atom stereocenters.